The van der Waals surface area contributed by atoms with E-state index < -0.39 is 25.8 Å². The van der Waals surface area contributed by atoms with E-state index in [1.165, 1.54) is 22.3 Å². The van der Waals surface area contributed by atoms with E-state index in [0.717, 1.165) is 48.3 Å². The minimum Gasteiger partial charge on any atom is -0.418 e. The van der Waals surface area contributed by atoms with Crippen LogP contribution < -0.4 is 31.7 Å². The fourth-order valence-corrected chi connectivity index (χ4v) is 11.1. The highest BCUT2D eigenvalue weighted by Gasteiger charge is 2.50. The maximum absolute atomic E-state index is 6.61. The van der Waals surface area contributed by atoms with Gasteiger partial charge in [0.1, 0.15) is 40.2 Å². The molecule has 3 aliphatic rings. The average molecular weight is 867 g/mol. The van der Waals surface area contributed by atoms with Crippen LogP contribution in [0.1, 0.15) is 35.1 Å². The Balaban J connectivity index is 0.811. The molecule has 0 bridgehead atoms. The molecule has 0 saturated heterocycles. The molecule has 1 spiro atoms. The highest BCUT2D eigenvalue weighted by Crippen LogP contribution is 2.61. The summed E-state index contributed by atoms with van der Waals surface area (Å²) in [7, 11) is -5.44. The van der Waals surface area contributed by atoms with Gasteiger partial charge in [0.05, 0.1) is 13.2 Å². The second kappa shape index (κ2) is 18.1. The molecule has 10 rings (SSSR count). The Hall–Kier alpha value is -5.65. The molecule has 12 heteroatoms. The van der Waals surface area contributed by atoms with Crippen LogP contribution in [0.5, 0.6) is 40.2 Å². The van der Waals surface area contributed by atoms with E-state index in [1.54, 1.807) is 0 Å². The number of rotatable bonds is 16. The van der Waals surface area contributed by atoms with Crippen LogP contribution in [-0.2, 0) is 27.3 Å². The first-order valence-electron chi connectivity index (χ1n) is 20.2. The van der Waals surface area contributed by atoms with Gasteiger partial charge in [0.2, 0.25) is 0 Å². The Kier molecular flexibility index (Phi) is 11.7. The Morgan fingerprint density at radius 1 is 0.443 bits per heavy atom. The summed E-state index contributed by atoms with van der Waals surface area (Å²) in [4.78, 5) is 0. The van der Waals surface area contributed by atoms with E-state index in [-0.39, 0.29) is 18.6 Å². The minimum absolute atomic E-state index is 0.0605. The molecule has 7 aromatic carbocycles. The molecule has 2 aliphatic carbocycles. The van der Waals surface area contributed by atoms with Gasteiger partial charge in [-0.05, 0) is 121 Å². The van der Waals surface area contributed by atoms with Gasteiger partial charge in [-0.1, -0.05) is 103 Å². The van der Waals surface area contributed by atoms with Crippen molar-refractivity contribution in [2.24, 2.45) is 0 Å². The predicted molar refractivity (Wildman–Crippen MR) is 239 cm³/mol. The van der Waals surface area contributed by atoms with Crippen molar-refractivity contribution in [3.8, 4) is 51.4 Å². The largest absolute Gasteiger partial charge is 0.530 e. The van der Waals surface area contributed by atoms with Crippen LogP contribution in [0.25, 0.3) is 11.1 Å². The first-order valence-corrected chi connectivity index (χ1v) is 23.5. The number of hydrogen-bond acceptors (Lipinski definition) is 9. The van der Waals surface area contributed by atoms with Crippen LogP contribution in [-0.4, -0.2) is 13.2 Å². The van der Waals surface area contributed by atoms with E-state index >= 15 is 0 Å². The lowest BCUT2D eigenvalue weighted by atomic mass is 9.76. The van der Waals surface area contributed by atoms with Crippen molar-refractivity contribution in [1.82, 2.24) is 0 Å². The number of benzene rings is 7. The smallest absolute Gasteiger partial charge is 0.418 e. The summed E-state index contributed by atoms with van der Waals surface area (Å²) < 4.78 is 56.6. The molecular weight excluding hydrogens is 825 g/mol. The quantitative estimate of drug-likeness (QED) is 0.0696. The fourth-order valence-electron chi connectivity index (χ4n) is 8.15. The summed E-state index contributed by atoms with van der Waals surface area (Å²) in [5.41, 5.74) is 7.21. The maximum atomic E-state index is 6.61. The number of aryl methyl sites for hydroxylation is 2. The zero-order valence-corrected chi connectivity index (χ0v) is 35.7. The normalized spacial score (nSPS) is 15.0. The fraction of sp³-hybridized carbons (Fsp3) is 0.143. The van der Waals surface area contributed by atoms with Crippen molar-refractivity contribution >= 4 is 25.8 Å². The molecule has 9 nitrogen and oxygen atoms in total. The molecule has 1 heterocycles. The standard InChI is InChI=1S/C49H41O9P3/c1-4-16-40(17-5-1)52-59(53-41-18-6-2-7-19-41)50-33-34-51-60(54-42-20-8-3-9-21-42)56-44-22-10-15-39(35-44)36-25-27-43(28-26-36)55-61-57-45-23-11-13-37-29-31-49(47(37)45)32-30-38-14-12-24-46(58-61)48(38)49/h1-28,35H,29-34H2. The zero-order valence-electron chi connectivity index (χ0n) is 33.0. The highest BCUT2D eigenvalue weighted by atomic mass is 31.2. The third-order valence-electron chi connectivity index (χ3n) is 10.8. The lowest BCUT2D eigenvalue weighted by Gasteiger charge is -2.33. The molecule has 0 aromatic heterocycles. The van der Waals surface area contributed by atoms with Gasteiger partial charge in [-0.15, -0.1) is 0 Å². The van der Waals surface area contributed by atoms with E-state index in [1.807, 2.05) is 140 Å². The Bertz CT molecular complexity index is 2460. The monoisotopic (exact) mass is 866 g/mol. The predicted octanol–water partition coefficient (Wildman–Crippen LogP) is 13.7. The summed E-state index contributed by atoms with van der Waals surface area (Å²) in [6.45, 7) is 0.325. The van der Waals surface area contributed by atoms with Gasteiger partial charge in [0.25, 0.3) is 0 Å². The second-order valence-corrected chi connectivity index (χ2v) is 17.8. The van der Waals surface area contributed by atoms with Crippen LogP contribution >= 0.6 is 25.8 Å². The lowest BCUT2D eigenvalue weighted by Crippen LogP contribution is -2.24. The van der Waals surface area contributed by atoms with Crippen LogP contribution in [0.4, 0.5) is 0 Å². The van der Waals surface area contributed by atoms with E-state index in [9.17, 15) is 0 Å². The summed E-state index contributed by atoms with van der Waals surface area (Å²) in [5.74, 6) is 4.86. The molecule has 0 saturated carbocycles. The Morgan fingerprint density at radius 2 is 0.902 bits per heavy atom. The molecular formula is C49H41O9P3. The van der Waals surface area contributed by atoms with E-state index in [4.69, 9.17) is 40.7 Å². The van der Waals surface area contributed by atoms with Crippen molar-refractivity contribution in [3.05, 3.63) is 198 Å². The first kappa shape index (κ1) is 39.5. The highest BCUT2D eigenvalue weighted by molar-refractivity contribution is 7.43. The van der Waals surface area contributed by atoms with Crippen molar-refractivity contribution in [2.45, 2.75) is 31.1 Å². The van der Waals surface area contributed by atoms with Crippen molar-refractivity contribution < 1.29 is 40.7 Å². The minimum atomic E-state index is -1.88. The summed E-state index contributed by atoms with van der Waals surface area (Å²) in [6, 6.07) is 56.8. The van der Waals surface area contributed by atoms with Crippen LogP contribution in [0.15, 0.2) is 176 Å². The SMILES string of the molecule is c1ccc(OP(OCCOP(Oc2ccccc2)Oc2cccc(-c3ccc(OP4Oc5cccc6c5C5(CC6)CCc6cccc(c65)O4)cc3)c2)Oc2ccccc2)cc1. The number of hydrogen-bond donors (Lipinski definition) is 0. The van der Waals surface area contributed by atoms with Gasteiger partial charge in [0.15, 0.2) is 0 Å². The van der Waals surface area contributed by atoms with Crippen LogP contribution in [0.2, 0.25) is 0 Å². The molecule has 1 aliphatic heterocycles. The topological polar surface area (TPSA) is 83.1 Å². The second-order valence-electron chi connectivity index (χ2n) is 14.6. The van der Waals surface area contributed by atoms with Crippen LogP contribution in [0, 0.1) is 0 Å². The Labute approximate surface area is 359 Å². The van der Waals surface area contributed by atoms with Crippen molar-refractivity contribution in [2.75, 3.05) is 13.2 Å². The van der Waals surface area contributed by atoms with Gasteiger partial charge in [-0.25, -0.2) is 0 Å². The van der Waals surface area contributed by atoms with Crippen molar-refractivity contribution in [1.29, 1.82) is 0 Å². The third-order valence-corrected chi connectivity index (χ3v) is 14.1. The van der Waals surface area contributed by atoms with Crippen LogP contribution in [0.3, 0.4) is 0 Å². The zero-order chi connectivity index (χ0) is 40.9. The molecule has 0 radical (unpaired) electrons. The number of para-hydroxylation sites is 3. The van der Waals surface area contributed by atoms with Gasteiger partial charge in [-0.3, -0.25) is 9.05 Å². The maximum Gasteiger partial charge on any atom is 0.530 e. The van der Waals surface area contributed by atoms with Gasteiger partial charge in [-0.2, -0.15) is 0 Å². The Morgan fingerprint density at radius 3 is 1.41 bits per heavy atom. The van der Waals surface area contributed by atoms with E-state index in [0.29, 0.717) is 28.7 Å². The molecule has 61 heavy (non-hydrogen) atoms. The lowest BCUT2D eigenvalue weighted by molar-refractivity contribution is 0.186. The van der Waals surface area contributed by atoms with Gasteiger partial charge < -0.3 is 31.7 Å². The summed E-state index contributed by atoms with van der Waals surface area (Å²) in [5, 5.41) is 0. The average Bonchev–Trinajstić information content (AvgIpc) is 3.87. The molecule has 7 aromatic rings. The molecule has 306 valence electrons. The van der Waals surface area contributed by atoms with E-state index in [2.05, 4.69) is 36.4 Å². The summed E-state index contributed by atoms with van der Waals surface area (Å²) in [6.07, 6.45) is 4.22. The molecule has 0 N–H and O–H groups in total. The molecule has 1 atom stereocenters. The molecule has 0 fully saturated rings. The third kappa shape index (κ3) is 8.90. The molecule has 1 unspecified atom stereocenters. The van der Waals surface area contributed by atoms with Gasteiger partial charge >= 0.3 is 25.8 Å². The molecule has 0 amide bonds. The van der Waals surface area contributed by atoms with Crippen molar-refractivity contribution in [3.63, 3.8) is 0 Å². The van der Waals surface area contributed by atoms with Gasteiger partial charge in [0, 0.05) is 16.5 Å². The summed E-state index contributed by atoms with van der Waals surface area (Å²) >= 11 is 0. The first-order chi connectivity index (χ1) is 30.1.